The predicted molar refractivity (Wildman–Crippen MR) is 84.1 cm³/mol. The van der Waals surface area contributed by atoms with Crippen LogP contribution in [0.5, 0.6) is 0 Å². The monoisotopic (exact) mass is 257 g/mol. The van der Waals surface area contributed by atoms with Gasteiger partial charge in [-0.05, 0) is 19.7 Å². The predicted octanol–water partition coefficient (Wildman–Crippen LogP) is 3.51. The van der Waals surface area contributed by atoms with Crippen molar-refractivity contribution >= 4 is 13.6 Å². The summed E-state index contributed by atoms with van der Waals surface area (Å²) in [5.74, 6) is 3.38. The molecule has 0 heterocycles. The lowest BCUT2D eigenvalue weighted by molar-refractivity contribution is 0.457. The fourth-order valence-electron chi connectivity index (χ4n) is 1.39. The van der Waals surface area contributed by atoms with Gasteiger partial charge in [-0.3, -0.25) is 0 Å². The minimum absolute atomic E-state index is 0.921. The molecule has 1 aromatic rings. The zero-order chi connectivity index (χ0) is 13.6. The lowest BCUT2D eigenvalue weighted by Gasteiger charge is -2.08. The summed E-state index contributed by atoms with van der Waals surface area (Å²) in [5, 5.41) is 0. The van der Waals surface area contributed by atoms with Gasteiger partial charge in [-0.2, -0.15) is 0 Å². The highest BCUT2D eigenvalue weighted by molar-refractivity contribution is 6.84. The molecule has 0 aromatic heterocycles. The summed E-state index contributed by atoms with van der Waals surface area (Å²) in [6.07, 6.45) is 2.21. The quantitative estimate of drug-likeness (QED) is 0.591. The van der Waals surface area contributed by atoms with E-state index in [1.807, 2.05) is 6.07 Å². The normalized spacial score (nSPS) is 12.2. The van der Waals surface area contributed by atoms with Gasteiger partial charge in [0.1, 0.15) is 8.07 Å². The standard InChI is InChI=1S/C16H23NSi/c1-17(2)13-11-16(12-14-18(3,4)5)15-9-7-6-8-10-15/h6-11H,13H2,1-5H3/b16-11-. The van der Waals surface area contributed by atoms with E-state index in [2.05, 4.69) is 80.4 Å². The Hall–Kier alpha value is -1.30. The van der Waals surface area contributed by atoms with Crippen LogP contribution < -0.4 is 0 Å². The van der Waals surface area contributed by atoms with Crippen LogP contribution in [0.2, 0.25) is 19.6 Å². The fourth-order valence-corrected chi connectivity index (χ4v) is 1.90. The second-order valence-electron chi connectivity index (χ2n) is 5.75. The van der Waals surface area contributed by atoms with Crippen molar-refractivity contribution in [2.24, 2.45) is 0 Å². The van der Waals surface area contributed by atoms with E-state index in [0.717, 1.165) is 12.1 Å². The van der Waals surface area contributed by atoms with Crippen LogP contribution in [0.4, 0.5) is 0 Å². The summed E-state index contributed by atoms with van der Waals surface area (Å²) in [6.45, 7) is 7.74. The first-order chi connectivity index (χ1) is 8.38. The molecular formula is C16H23NSi. The molecule has 0 atom stereocenters. The van der Waals surface area contributed by atoms with Gasteiger partial charge in [-0.1, -0.05) is 62.0 Å². The molecule has 0 amide bonds. The van der Waals surface area contributed by atoms with Gasteiger partial charge in [0.25, 0.3) is 0 Å². The molecule has 0 saturated heterocycles. The summed E-state index contributed by atoms with van der Waals surface area (Å²) in [5.41, 5.74) is 5.80. The molecule has 0 spiro atoms. The zero-order valence-electron chi connectivity index (χ0n) is 12.1. The van der Waals surface area contributed by atoms with E-state index in [1.165, 1.54) is 5.56 Å². The molecule has 0 fully saturated rings. The lowest BCUT2D eigenvalue weighted by Crippen LogP contribution is -2.16. The summed E-state index contributed by atoms with van der Waals surface area (Å²) in [4.78, 5) is 2.15. The molecule has 0 unspecified atom stereocenters. The van der Waals surface area contributed by atoms with Gasteiger partial charge in [0.05, 0.1) is 0 Å². The highest BCUT2D eigenvalue weighted by Gasteiger charge is 2.08. The first kappa shape index (κ1) is 14.8. The van der Waals surface area contributed by atoms with E-state index in [9.17, 15) is 0 Å². The van der Waals surface area contributed by atoms with E-state index in [1.54, 1.807) is 0 Å². The minimum Gasteiger partial charge on any atom is -0.306 e. The van der Waals surface area contributed by atoms with E-state index in [-0.39, 0.29) is 0 Å². The average Bonchev–Trinajstić information content (AvgIpc) is 2.28. The molecule has 0 N–H and O–H groups in total. The van der Waals surface area contributed by atoms with Gasteiger partial charge in [-0.25, -0.2) is 0 Å². The molecule has 1 aromatic carbocycles. The van der Waals surface area contributed by atoms with Crippen molar-refractivity contribution in [1.82, 2.24) is 4.90 Å². The second-order valence-corrected chi connectivity index (χ2v) is 10.5. The highest BCUT2D eigenvalue weighted by atomic mass is 28.3. The van der Waals surface area contributed by atoms with Gasteiger partial charge in [0, 0.05) is 12.1 Å². The average molecular weight is 257 g/mol. The van der Waals surface area contributed by atoms with E-state index in [0.29, 0.717) is 0 Å². The molecule has 18 heavy (non-hydrogen) atoms. The topological polar surface area (TPSA) is 3.24 Å². The Balaban J connectivity index is 3.03. The van der Waals surface area contributed by atoms with Gasteiger partial charge in [0.2, 0.25) is 0 Å². The Labute approximate surface area is 113 Å². The van der Waals surface area contributed by atoms with Crippen LogP contribution in [0.25, 0.3) is 5.57 Å². The van der Waals surface area contributed by atoms with Gasteiger partial charge < -0.3 is 4.90 Å². The van der Waals surface area contributed by atoms with Crippen molar-refractivity contribution in [3.05, 3.63) is 42.0 Å². The third kappa shape index (κ3) is 5.86. The Kier molecular flexibility index (Phi) is 5.40. The molecule has 96 valence electrons. The van der Waals surface area contributed by atoms with E-state index in [4.69, 9.17) is 0 Å². The van der Waals surface area contributed by atoms with Crippen LogP contribution in [0, 0.1) is 11.5 Å². The number of nitrogens with zero attached hydrogens (tertiary/aromatic N) is 1. The van der Waals surface area contributed by atoms with E-state index < -0.39 is 8.07 Å². The molecule has 0 radical (unpaired) electrons. The smallest absolute Gasteiger partial charge is 0.129 e. The Bertz CT molecular complexity index is 455. The van der Waals surface area contributed by atoms with E-state index >= 15 is 0 Å². The summed E-state index contributed by atoms with van der Waals surface area (Å²) < 4.78 is 0. The number of allylic oxidation sites excluding steroid dienone is 1. The molecule has 0 aliphatic carbocycles. The van der Waals surface area contributed by atoms with Crippen LogP contribution in [0.3, 0.4) is 0 Å². The third-order valence-corrected chi connectivity index (χ3v) is 3.19. The maximum absolute atomic E-state index is 3.45. The van der Waals surface area contributed by atoms with Crippen LogP contribution in [0.15, 0.2) is 36.4 Å². The Morgan fingerprint density at radius 3 is 2.28 bits per heavy atom. The minimum atomic E-state index is -1.32. The Morgan fingerprint density at radius 1 is 1.17 bits per heavy atom. The van der Waals surface area contributed by atoms with Crippen molar-refractivity contribution < 1.29 is 0 Å². The Morgan fingerprint density at radius 2 is 1.78 bits per heavy atom. The summed E-state index contributed by atoms with van der Waals surface area (Å²) in [7, 11) is 2.82. The first-order valence-corrected chi connectivity index (χ1v) is 9.82. The van der Waals surface area contributed by atoms with Crippen molar-refractivity contribution in [1.29, 1.82) is 0 Å². The van der Waals surface area contributed by atoms with Gasteiger partial charge in [0.15, 0.2) is 0 Å². The largest absolute Gasteiger partial charge is 0.306 e. The number of likely N-dealkylation sites (N-methyl/N-ethyl adjacent to an activating group) is 1. The van der Waals surface area contributed by atoms with Crippen LogP contribution in [-0.4, -0.2) is 33.6 Å². The molecule has 0 bridgehead atoms. The SMILES string of the molecule is CN(C)C/C=C(/C#C[Si](C)(C)C)c1ccccc1. The molecule has 1 nitrogen and oxygen atoms in total. The zero-order valence-corrected chi connectivity index (χ0v) is 13.1. The summed E-state index contributed by atoms with van der Waals surface area (Å²) in [6, 6.07) is 10.4. The molecule has 2 heteroatoms. The number of hydrogen-bond acceptors (Lipinski definition) is 1. The molecule has 0 aliphatic heterocycles. The maximum atomic E-state index is 3.45. The van der Waals surface area contributed by atoms with Crippen molar-refractivity contribution in [3.63, 3.8) is 0 Å². The van der Waals surface area contributed by atoms with Crippen LogP contribution >= 0.6 is 0 Å². The first-order valence-electron chi connectivity index (χ1n) is 6.32. The second kappa shape index (κ2) is 6.58. The van der Waals surface area contributed by atoms with Crippen molar-refractivity contribution in [2.45, 2.75) is 19.6 Å². The molecule has 0 aliphatic rings. The van der Waals surface area contributed by atoms with Crippen molar-refractivity contribution in [3.8, 4) is 11.5 Å². The summed E-state index contributed by atoms with van der Waals surface area (Å²) >= 11 is 0. The fraction of sp³-hybridized carbons (Fsp3) is 0.375. The third-order valence-electron chi connectivity index (χ3n) is 2.32. The maximum Gasteiger partial charge on any atom is 0.129 e. The van der Waals surface area contributed by atoms with Gasteiger partial charge in [-0.15, -0.1) is 5.54 Å². The van der Waals surface area contributed by atoms with Crippen LogP contribution in [-0.2, 0) is 0 Å². The number of benzene rings is 1. The molecule has 1 rings (SSSR count). The van der Waals surface area contributed by atoms with Gasteiger partial charge >= 0.3 is 0 Å². The molecular weight excluding hydrogens is 234 g/mol. The number of rotatable bonds is 3. The van der Waals surface area contributed by atoms with Crippen molar-refractivity contribution in [2.75, 3.05) is 20.6 Å². The van der Waals surface area contributed by atoms with Crippen LogP contribution in [0.1, 0.15) is 5.56 Å². The lowest BCUT2D eigenvalue weighted by atomic mass is 10.1. The number of hydrogen-bond donors (Lipinski definition) is 0. The highest BCUT2D eigenvalue weighted by Crippen LogP contribution is 2.13. The molecule has 0 saturated carbocycles.